The normalized spacial score (nSPS) is 12.2. The Morgan fingerprint density at radius 3 is 2.33 bits per heavy atom. The zero-order valence-corrected chi connectivity index (χ0v) is 14.6. The molecule has 1 aromatic carbocycles. The summed E-state index contributed by atoms with van der Waals surface area (Å²) in [5.41, 5.74) is 2.38. The van der Waals surface area contributed by atoms with Gasteiger partial charge >= 0.3 is 6.18 Å². The van der Waals surface area contributed by atoms with E-state index in [9.17, 15) is 13.2 Å². The summed E-state index contributed by atoms with van der Waals surface area (Å²) in [6.07, 6.45) is -3.28. The molecule has 2 N–H and O–H groups in total. The van der Waals surface area contributed by atoms with E-state index >= 15 is 0 Å². The number of guanidine groups is 1. The standard InChI is InChI=1S/C17H27F3N4/c1-4-21-16(23-13-11-17(18,19)20)22-12-5-6-14-7-9-15(10-8-14)24(2)3/h7-10H,4-6,11-13H2,1-3H3,(H2,21,22,23). The van der Waals surface area contributed by atoms with E-state index in [0.717, 1.165) is 18.5 Å². The van der Waals surface area contributed by atoms with Gasteiger partial charge in [-0.3, -0.25) is 4.99 Å². The molecule has 0 aromatic heterocycles. The van der Waals surface area contributed by atoms with Crippen LogP contribution in [-0.4, -0.2) is 45.9 Å². The average Bonchev–Trinajstić information content (AvgIpc) is 2.50. The fourth-order valence-electron chi connectivity index (χ4n) is 2.10. The van der Waals surface area contributed by atoms with Crippen LogP contribution in [-0.2, 0) is 6.42 Å². The summed E-state index contributed by atoms with van der Waals surface area (Å²) in [6.45, 7) is 2.90. The summed E-state index contributed by atoms with van der Waals surface area (Å²) in [5, 5.41) is 5.66. The molecular weight excluding hydrogens is 317 g/mol. The fraction of sp³-hybridized carbons (Fsp3) is 0.588. The lowest BCUT2D eigenvalue weighted by Crippen LogP contribution is -2.39. The first-order valence-electron chi connectivity index (χ1n) is 8.17. The predicted molar refractivity (Wildman–Crippen MR) is 93.7 cm³/mol. The molecule has 0 radical (unpaired) electrons. The van der Waals surface area contributed by atoms with Crippen molar-refractivity contribution in [3.63, 3.8) is 0 Å². The van der Waals surface area contributed by atoms with Crippen molar-refractivity contribution in [1.82, 2.24) is 10.6 Å². The number of alkyl halides is 3. The van der Waals surface area contributed by atoms with Crippen molar-refractivity contribution in [2.75, 3.05) is 38.6 Å². The van der Waals surface area contributed by atoms with Crippen LogP contribution in [0, 0.1) is 0 Å². The van der Waals surface area contributed by atoms with Crippen LogP contribution in [0.1, 0.15) is 25.3 Å². The maximum absolute atomic E-state index is 12.2. The van der Waals surface area contributed by atoms with Gasteiger partial charge < -0.3 is 15.5 Å². The van der Waals surface area contributed by atoms with Crippen molar-refractivity contribution in [2.24, 2.45) is 4.99 Å². The van der Waals surface area contributed by atoms with Gasteiger partial charge in [0.15, 0.2) is 5.96 Å². The number of aliphatic imine (C=N–C) groups is 1. The molecule has 0 unspecified atom stereocenters. The van der Waals surface area contributed by atoms with Crippen LogP contribution in [0.2, 0.25) is 0 Å². The van der Waals surface area contributed by atoms with Crippen LogP contribution in [0.25, 0.3) is 0 Å². The number of hydrogen-bond donors (Lipinski definition) is 2. The summed E-state index contributed by atoms with van der Waals surface area (Å²) in [4.78, 5) is 6.36. The molecule has 0 aliphatic carbocycles. The van der Waals surface area contributed by atoms with Crippen molar-refractivity contribution >= 4 is 11.6 Å². The van der Waals surface area contributed by atoms with Crippen LogP contribution in [0.3, 0.4) is 0 Å². The molecule has 0 bridgehead atoms. The van der Waals surface area contributed by atoms with Gasteiger partial charge in [-0.25, -0.2) is 0 Å². The molecule has 7 heteroatoms. The Bertz CT molecular complexity index is 496. The van der Waals surface area contributed by atoms with Gasteiger partial charge in [0.05, 0.1) is 6.42 Å². The van der Waals surface area contributed by atoms with Gasteiger partial charge in [0.25, 0.3) is 0 Å². The highest BCUT2D eigenvalue weighted by Gasteiger charge is 2.26. The highest BCUT2D eigenvalue weighted by Crippen LogP contribution is 2.18. The highest BCUT2D eigenvalue weighted by molar-refractivity contribution is 5.79. The molecule has 1 aromatic rings. The van der Waals surface area contributed by atoms with E-state index < -0.39 is 12.6 Å². The number of rotatable bonds is 8. The topological polar surface area (TPSA) is 39.7 Å². The third-order valence-corrected chi connectivity index (χ3v) is 3.39. The van der Waals surface area contributed by atoms with E-state index in [0.29, 0.717) is 19.0 Å². The van der Waals surface area contributed by atoms with Crippen LogP contribution in [0.5, 0.6) is 0 Å². The molecule has 0 aliphatic rings. The summed E-state index contributed by atoms with van der Waals surface area (Å²) in [7, 11) is 4.00. The zero-order chi connectivity index (χ0) is 18.0. The van der Waals surface area contributed by atoms with Gasteiger partial charge in [0.2, 0.25) is 0 Å². The van der Waals surface area contributed by atoms with Gasteiger partial charge in [-0.2, -0.15) is 13.2 Å². The van der Waals surface area contributed by atoms with E-state index in [-0.39, 0.29) is 6.54 Å². The van der Waals surface area contributed by atoms with E-state index in [1.807, 2.05) is 25.9 Å². The molecule has 0 spiro atoms. The summed E-state index contributed by atoms with van der Waals surface area (Å²) < 4.78 is 36.5. The van der Waals surface area contributed by atoms with Crippen molar-refractivity contribution in [1.29, 1.82) is 0 Å². The van der Waals surface area contributed by atoms with Crippen LogP contribution < -0.4 is 15.5 Å². The fourth-order valence-corrected chi connectivity index (χ4v) is 2.10. The quantitative estimate of drug-likeness (QED) is 0.432. The van der Waals surface area contributed by atoms with Gasteiger partial charge in [-0.1, -0.05) is 12.1 Å². The van der Waals surface area contributed by atoms with Crippen molar-refractivity contribution < 1.29 is 13.2 Å². The minimum atomic E-state index is -4.15. The Balaban J connectivity index is 2.38. The first-order valence-corrected chi connectivity index (χ1v) is 8.17. The number of nitrogens with one attached hydrogen (secondary N) is 2. The molecule has 0 aliphatic heterocycles. The second-order valence-electron chi connectivity index (χ2n) is 5.72. The van der Waals surface area contributed by atoms with Gasteiger partial charge in [0.1, 0.15) is 0 Å². The average molecular weight is 344 g/mol. The molecule has 0 atom stereocenters. The minimum absolute atomic E-state index is 0.165. The van der Waals surface area contributed by atoms with Gasteiger partial charge in [-0.05, 0) is 37.5 Å². The molecule has 0 heterocycles. The van der Waals surface area contributed by atoms with Crippen molar-refractivity contribution in [3.05, 3.63) is 29.8 Å². The maximum Gasteiger partial charge on any atom is 0.390 e. The monoisotopic (exact) mass is 344 g/mol. The second kappa shape index (κ2) is 10.1. The molecule has 0 amide bonds. The molecule has 136 valence electrons. The second-order valence-corrected chi connectivity index (χ2v) is 5.72. The largest absolute Gasteiger partial charge is 0.390 e. The first kappa shape index (κ1) is 20.1. The maximum atomic E-state index is 12.2. The van der Waals surface area contributed by atoms with E-state index in [2.05, 4.69) is 39.9 Å². The van der Waals surface area contributed by atoms with E-state index in [1.165, 1.54) is 5.56 Å². The zero-order valence-electron chi connectivity index (χ0n) is 14.6. The molecule has 0 saturated heterocycles. The van der Waals surface area contributed by atoms with Gasteiger partial charge in [-0.15, -0.1) is 0 Å². The Kier molecular flexibility index (Phi) is 8.43. The van der Waals surface area contributed by atoms with Gasteiger partial charge in [0, 0.05) is 39.4 Å². The number of benzene rings is 1. The van der Waals surface area contributed by atoms with Crippen LogP contribution in [0.4, 0.5) is 18.9 Å². The Morgan fingerprint density at radius 1 is 1.12 bits per heavy atom. The Morgan fingerprint density at radius 2 is 1.79 bits per heavy atom. The molecule has 4 nitrogen and oxygen atoms in total. The number of halogens is 3. The summed E-state index contributed by atoms with van der Waals surface area (Å²) in [5.74, 6) is 0.435. The molecule has 0 saturated carbocycles. The van der Waals surface area contributed by atoms with Crippen LogP contribution >= 0.6 is 0 Å². The minimum Gasteiger partial charge on any atom is -0.378 e. The summed E-state index contributed by atoms with van der Waals surface area (Å²) >= 11 is 0. The SMILES string of the molecule is CCNC(=NCCCc1ccc(N(C)C)cc1)NCCC(F)(F)F. The first-order chi connectivity index (χ1) is 11.3. The number of aryl methyl sites for hydroxylation is 1. The Hall–Kier alpha value is -1.92. The summed E-state index contributed by atoms with van der Waals surface area (Å²) in [6, 6.07) is 8.32. The third-order valence-electron chi connectivity index (χ3n) is 3.39. The van der Waals surface area contributed by atoms with Crippen LogP contribution in [0.15, 0.2) is 29.3 Å². The molecular formula is C17H27F3N4. The lowest BCUT2D eigenvalue weighted by atomic mass is 10.1. The highest BCUT2D eigenvalue weighted by atomic mass is 19.4. The number of nitrogens with zero attached hydrogens (tertiary/aromatic N) is 2. The molecule has 24 heavy (non-hydrogen) atoms. The molecule has 0 fully saturated rings. The number of hydrogen-bond acceptors (Lipinski definition) is 2. The predicted octanol–water partition coefficient (Wildman–Crippen LogP) is 3.19. The molecule has 1 rings (SSSR count). The third kappa shape index (κ3) is 8.64. The number of anilines is 1. The Labute approximate surface area is 142 Å². The smallest absolute Gasteiger partial charge is 0.378 e. The van der Waals surface area contributed by atoms with E-state index in [1.54, 1.807) is 0 Å². The lowest BCUT2D eigenvalue weighted by molar-refractivity contribution is -0.132. The van der Waals surface area contributed by atoms with E-state index in [4.69, 9.17) is 0 Å². The van der Waals surface area contributed by atoms with Crippen molar-refractivity contribution in [2.45, 2.75) is 32.4 Å². The lowest BCUT2D eigenvalue weighted by Gasteiger charge is -2.13. The van der Waals surface area contributed by atoms with Crippen molar-refractivity contribution in [3.8, 4) is 0 Å².